The van der Waals surface area contributed by atoms with Crippen LogP contribution in [0.5, 0.6) is 0 Å². The Labute approximate surface area is 136 Å². The first-order valence-corrected chi connectivity index (χ1v) is 7.05. The quantitative estimate of drug-likeness (QED) is 0.465. The first-order valence-electron chi connectivity index (χ1n) is 6.29. The van der Waals surface area contributed by atoms with Crippen LogP contribution in [-0.4, -0.2) is 10.9 Å². The predicted octanol–water partition coefficient (Wildman–Crippen LogP) is 4.19. The van der Waals surface area contributed by atoms with Crippen LogP contribution in [0.2, 0.25) is 10.0 Å². The summed E-state index contributed by atoms with van der Waals surface area (Å²) in [6.45, 7) is -0.0235. The molecule has 0 aliphatic rings. The zero-order valence-corrected chi connectivity index (χ0v) is 12.8. The van der Waals surface area contributed by atoms with Crippen LogP contribution in [0, 0.1) is 10.1 Å². The number of non-ortho nitro benzene ring substituents is 1. The maximum absolute atomic E-state index is 11.8. The monoisotopic (exact) mass is 339 g/mol. The third kappa shape index (κ3) is 4.19. The minimum Gasteiger partial charge on any atom is -0.460 e. The standard InChI is InChI=1S/C15H11Cl2NO4/c16-13-2-1-3-14(17)12(13)9-22-15(19)8-10-4-6-11(7-5-10)18(20)21/h1-7H,8-9H2. The van der Waals surface area contributed by atoms with Gasteiger partial charge >= 0.3 is 5.97 Å². The molecule has 2 aromatic carbocycles. The van der Waals surface area contributed by atoms with E-state index in [9.17, 15) is 14.9 Å². The third-order valence-corrected chi connectivity index (χ3v) is 3.64. The van der Waals surface area contributed by atoms with Gasteiger partial charge in [-0.2, -0.15) is 0 Å². The number of carbonyl (C=O) groups excluding carboxylic acids is 1. The van der Waals surface area contributed by atoms with Crippen LogP contribution < -0.4 is 0 Å². The van der Waals surface area contributed by atoms with Crippen LogP contribution >= 0.6 is 23.2 Å². The second kappa shape index (κ2) is 7.24. The minimum atomic E-state index is -0.499. The molecule has 2 rings (SSSR count). The smallest absolute Gasteiger partial charge is 0.310 e. The van der Waals surface area contributed by atoms with Gasteiger partial charge in [0.15, 0.2) is 0 Å². The third-order valence-electron chi connectivity index (χ3n) is 2.93. The van der Waals surface area contributed by atoms with E-state index in [1.807, 2.05) is 0 Å². The molecule has 0 saturated carbocycles. The highest BCUT2D eigenvalue weighted by atomic mass is 35.5. The van der Waals surface area contributed by atoms with Crippen molar-refractivity contribution in [1.82, 2.24) is 0 Å². The lowest BCUT2D eigenvalue weighted by atomic mass is 10.1. The van der Waals surface area contributed by atoms with Gasteiger partial charge in [-0.1, -0.05) is 41.4 Å². The molecule has 0 aliphatic carbocycles. The van der Waals surface area contributed by atoms with Crippen molar-refractivity contribution in [3.63, 3.8) is 0 Å². The molecule has 0 N–H and O–H groups in total. The van der Waals surface area contributed by atoms with E-state index in [-0.39, 0.29) is 18.7 Å². The van der Waals surface area contributed by atoms with Crippen molar-refractivity contribution < 1.29 is 14.5 Å². The molecule has 0 aromatic heterocycles. The lowest BCUT2D eigenvalue weighted by molar-refractivity contribution is -0.384. The molecule has 2 aromatic rings. The Bertz CT molecular complexity index is 681. The molecule has 0 radical (unpaired) electrons. The van der Waals surface area contributed by atoms with Crippen LogP contribution in [0.3, 0.4) is 0 Å². The Morgan fingerprint density at radius 2 is 1.68 bits per heavy atom. The highest BCUT2D eigenvalue weighted by molar-refractivity contribution is 6.35. The van der Waals surface area contributed by atoms with E-state index >= 15 is 0 Å². The van der Waals surface area contributed by atoms with Gasteiger partial charge in [0.05, 0.1) is 11.3 Å². The zero-order valence-electron chi connectivity index (χ0n) is 11.3. The van der Waals surface area contributed by atoms with Crippen molar-refractivity contribution in [3.8, 4) is 0 Å². The van der Waals surface area contributed by atoms with E-state index in [2.05, 4.69) is 0 Å². The normalized spacial score (nSPS) is 10.3. The number of ether oxygens (including phenoxy) is 1. The minimum absolute atomic E-state index is 0.0140. The maximum Gasteiger partial charge on any atom is 0.310 e. The average molecular weight is 340 g/mol. The molecular formula is C15H11Cl2NO4. The second-order valence-corrected chi connectivity index (χ2v) is 5.28. The van der Waals surface area contributed by atoms with Crippen LogP contribution in [0.25, 0.3) is 0 Å². The number of hydrogen-bond donors (Lipinski definition) is 0. The number of hydrogen-bond acceptors (Lipinski definition) is 4. The average Bonchev–Trinajstić information content (AvgIpc) is 2.47. The van der Waals surface area contributed by atoms with Crippen molar-refractivity contribution in [2.45, 2.75) is 13.0 Å². The molecule has 0 amide bonds. The number of nitro benzene ring substituents is 1. The van der Waals surface area contributed by atoms with Crippen LogP contribution in [0.4, 0.5) is 5.69 Å². The zero-order chi connectivity index (χ0) is 16.1. The highest BCUT2D eigenvalue weighted by Gasteiger charge is 2.11. The van der Waals surface area contributed by atoms with Gasteiger partial charge in [0, 0.05) is 27.7 Å². The van der Waals surface area contributed by atoms with Gasteiger partial charge in [0.2, 0.25) is 0 Å². The molecule has 22 heavy (non-hydrogen) atoms. The Kier molecular flexibility index (Phi) is 5.35. The molecular weight excluding hydrogens is 329 g/mol. The van der Waals surface area contributed by atoms with Gasteiger partial charge in [-0.3, -0.25) is 14.9 Å². The van der Waals surface area contributed by atoms with Crippen molar-refractivity contribution in [3.05, 3.63) is 73.8 Å². The maximum atomic E-state index is 11.8. The van der Waals surface area contributed by atoms with Gasteiger partial charge in [0.1, 0.15) is 6.61 Å². The summed E-state index contributed by atoms with van der Waals surface area (Å²) in [6, 6.07) is 10.7. The summed E-state index contributed by atoms with van der Waals surface area (Å²) in [5.74, 6) is -0.468. The number of halogens is 2. The van der Waals surface area contributed by atoms with Crippen molar-refractivity contribution in [1.29, 1.82) is 0 Å². The van der Waals surface area contributed by atoms with Crippen molar-refractivity contribution in [2.75, 3.05) is 0 Å². The Morgan fingerprint density at radius 1 is 1.09 bits per heavy atom. The summed E-state index contributed by atoms with van der Waals surface area (Å²) in [7, 11) is 0. The van der Waals surface area contributed by atoms with Gasteiger partial charge in [-0.25, -0.2) is 0 Å². The topological polar surface area (TPSA) is 69.4 Å². The van der Waals surface area contributed by atoms with E-state index in [0.29, 0.717) is 21.2 Å². The van der Waals surface area contributed by atoms with E-state index in [4.69, 9.17) is 27.9 Å². The molecule has 114 valence electrons. The number of benzene rings is 2. The Balaban J connectivity index is 1.94. The predicted molar refractivity (Wildman–Crippen MR) is 83.1 cm³/mol. The van der Waals surface area contributed by atoms with Crippen LogP contribution in [-0.2, 0) is 22.6 Å². The number of rotatable bonds is 5. The van der Waals surface area contributed by atoms with E-state index < -0.39 is 10.9 Å². The lowest BCUT2D eigenvalue weighted by Crippen LogP contribution is -2.08. The van der Waals surface area contributed by atoms with Gasteiger partial charge in [-0.15, -0.1) is 0 Å². The van der Waals surface area contributed by atoms with Crippen LogP contribution in [0.15, 0.2) is 42.5 Å². The molecule has 0 heterocycles. The fourth-order valence-electron chi connectivity index (χ4n) is 1.78. The number of esters is 1. The molecule has 7 heteroatoms. The molecule has 5 nitrogen and oxygen atoms in total. The van der Waals surface area contributed by atoms with Crippen molar-refractivity contribution >= 4 is 34.9 Å². The van der Waals surface area contributed by atoms with Gasteiger partial charge < -0.3 is 4.74 Å². The number of nitro groups is 1. The molecule has 0 bridgehead atoms. The summed E-state index contributed by atoms with van der Waals surface area (Å²) in [4.78, 5) is 21.8. The summed E-state index contributed by atoms with van der Waals surface area (Å²) < 4.78 is 5.13. The first-order chi connectivity index (χ1) is 10.5. The van der Waals surface area contributed by atoms with Crippen molar-refractivity contribution in [2.24, 2.45) is 0 Å². The fraction of sp³-hybridized carbons (Fsp3) is 0.133. The highest BCUT2D eigenvalue weighted by Crippen LogP contribution is 2.25. The fourth-order valence-corrected chi connectivity index (χ4v) is 2.28. The lowest BCUT2D eigenvalue weighted by Gasteiger charge is -2.08. The largest absolute Gasteiger partial charge is 0.460 e. The summed E-state index contributed by atoms with van der Waals surface area (Å²) >= 11 is 12.0. The molecule has 0 atom stereocenters. The van der Waals surface area contributed by atoms with Gasteiger partial charge in [-0.05, 0) is 17.7 Å². The Morgan fingerprint density at radius 3 is 2.23 bits per heavy atom. The number of nitrogens with zero attached hydrogens (tertiary/aromatic N) is 1. The van der Waals surface area contributed by atoms with E-state index in [1.54, 1.807) is 18.2 Å². The second-order valence-electron chi connectivity index (χ2n) is 4.46. The molecule has 0 aliphatic heterocycles. The van der Waals surface area contributed by atoms with Gasteiger partial charge in [0.25, 0.3) is 5.69 Å². The van der Waals surface area contributed by atoms with Crippen LogP contribution in [0.1, 0.15) is 11.1 Å². The SMILES string of the molecule is O=C(Cc1ccc([N+](=O)[O-])cc1)OCc1c(Cl)cccc1Cl. The summed E-state index contributed by atoms with van der Waals surface area (Å²) in [5.41, 5.74) is 1.14. The summed E-state index contributed by atoms with van der Waals surface area (Å²) in [5, 5.41) is 11.4. The molecule has 0 fully saturated rings. The summed E-state index contributed by atoms with van der Waals surface area (Å²) in [6.07, 6.45) is 0.0140. The molecule has 0 unspecified atom stereocenters. The number of carbonyl (C=O) groups is 1. The molecule has 0 spiro atoms. The van der Waals surface area contributed by atoms with E-state index in [0.717, 1.165) is 0 Å². The first kappa shape index (κ1) is 16.3. The Hall–Kier alpha value is -2.11. The van der Waals surface area contributed by atoms with E-state index in [1.165, 1.54) is 24.3 Å². The molecule has 0 saturated heterocycles.